The van der Waals surface area contributed by atoms with Crippen LogP contribution in [0.15, 0.2) is 12.7 Å². The summed E-state index contributed by atoms with van der Waals surface area (Å²) < 4.78 is 106. The van der Waals surface area contributed by atoms with Crippen molar-refractivity contribution in [2.45, 2.75) is 50.5 Å². The van der Waals surface area contributed by atoms with Gasteiger partial charge >= 0.3 is 46.9 Å². The largest absolute Gasteiger partial charge is 0.490 e. The number of aromatic nitrogens is 4. The Bertz CT molecular complexity index is 1740. The van der Waals surface area contributed by atoms with Crippen LogP contribution in [0.3, 0.4) is 0 Å². The number of nitrogens with zero attached hydrogens (tertiary/aromatic N) is 4. The van der Waals surface area contributed by atoms with Crippen molar-refractivity contribution in [3.63, 3.8) is 0 Å². The molecule has 0 aliphatic carbocycles. The summed E-state index contributed by atoms with van der Waals surface area (Å²) in [5.41, 5.74) is 11.5. The van der Waals surface area contributed by atoms with Crippen molar-refractivity contribution in [3.8, 4) is 0 Å². The van der Waals surface area contributed by atoms with Gasteiger partial charge in [-0.1, -0.05) is 12.8 Å². The van der Waals surface area contributed by atoms with Crippen LogP contribution in [0.25, 0.3) is 11.2 Å². The maximum absolute atomic E-state index is 12.3. The van der Waals surface area contributed by atoms with E-state index < -0.39 is 78.6 Å². The zero-order valence-electron chi connectivity index (χ0n) is 24.5. The minimum Gasteiger partial charge on any atom is -0.390 e. The fourth-order valence-corrected chi connectivity index (χ4v) is 11.7. The van der Waals surface area contributed by atoms with Crippen molar-refractivity contribution in [2.75, 3.05) is 25.5 Å². The number of phosphoric acid groups is 6. The summed E-state index contributed by atoms with van der Waals surface area (Å²) in [6.45, 7) is -1.09. The summed E-state index contributed by atoms with van der Waals surface area (Å²) in [6.07, 6.45) is 0.461. The van der Waals surface area contributed by atoms with Crippen molar-refractivity contribution in [1.82, 2.24) is 19.5 Å². The van der Waals surface area contributed by atoms with Crippen LogP contribution in [-0.4, -0.2) is 86.0 Å². The second-order valence-electron chi connectivity index (χ2n) is 9.57. The van der Waals surface area contributed by atoms with Crippen LogP contribution in [0.1, 0.15) is 38.3 Å². The van der Waals surface area contributed by atoms with Gasteiger partial charge in [-0.15, -0.1) is 0 Å². The number of fused-ring (bicyclic) bond motifs is 1. The number of nitrogen functional groups attached to an aromatic ring is 1. The van der Waals surface area contributed by atoms with Crippen LogP contribution in [0.5, 0.6) is 0 Å². The second-order valence-corrected chi connectivity index (χ2v) is 19.0. The third kappa shape index (κ3) is 13.9. The van der Waals surface area contributed by atoms with Gasteiger partial charge in [0.25, 0.3) is 0 Å². The molecule has 0 radical (unpaired) electrons. The molecule has 3 rings (SSSR count). The molecule has 11 N–H and O–H groups in total. The Morgan fingerprint density at radius 2 is 1.27 bits per heavy atom. The van der Waals surface area contributed by atoms with E-state index in [1.165, 1.54) is 10.9 Å². The molecule has 1 saturated heterocycles. The standard InChI is InChI=1S/C16H32N6O21P6/c17-5-3-1-2-4-6-36-44(24,25)39-46(28,29)41-48(32,33)43-49(34,35)42-47(30,31)40-45(26,27)37-8-12-11(23)7-13(38-12)22-10-21-14-15(18)19-9-20-16(14)22/h9-13,23H,1-8,17H2,(H,24,25)(H,26,27)(H,28,29)(H,30,31)(H,32,33)(H,34,35)(H2,18,19,20). The molecule has 1 aliphatic heterocycles. The van der Waals surface area contributed by atoms with E-state index in [-0.39, 0.29) is 29.8 Å². The first-order chi connectivity index (χ1) is 22.4. The van der Waals surface area contributed by atoms with Crippen molar-refractivity contribution >= 4 is 63.9 Å². The first kappa shape index (κ1) is 42.5. The lowest BCUT2D eigenvalue weighted by Crippen LogP contribution is -2.26. The Morgan fingerprint density at radius 3 is 1.82 bits per heavy atom. The van der Waals surface area contributed by atoms with Gasteiger partial charge in [0.1, 0.15) is 24.2 Å². The molecule has 2 aromatic heterocycles. The van der Waals surface area contributed by atoms with Gasteiger partial charge in [0.05, 0.1) is 25.6 Å². The molecule has 3 heterocycles. The highest BCUT2D eigenvalue weighted by Gasteiger charge is 2.50. The molecular weight excluding hydrogens is 798 g/mol. The zero-order chi connectivity index (χ0) is 36.9. The molecule has 0 spiro atoms. The number of hydrogen-bond acceptors (Lipinski definition) is 20. The topological polar surface area (TPSA) is 414 Å². The summed E-state index contributed by atoms with van der Waals surface area (Å²) in [6, 6.07) is 0. The van der Waals surface area contributed by atoms with Crippen LogP contribution in [0.2, 0.25) is 0 Å². The minimum absolute atomic E-state index is 0.0467. The van der Waals surface area contributed by atoms with Gasteiger partial charge < -0.3 is 50.7 Å². The van der Waals surface area contributed by atoms with Gasteiger partial charge in [-0.2, -0.15) is 21.6 Å². The molecule has 282 valence electrons. The Kier molecular flexibility index (Phi) is 14.6. The van der Waals surface area contributed by atoms with Gasteiger partial charge in [-0.3, -0.25) is 13.6 Å². The molecule has 1 fully saturated rings. The monoisotopic (exact) mass is 830 g/mol. The summed E-state index contributed by atoms with van der Waals surface area (Å²) >= 11 is 0. The van der Waals surface area contributed by atoms with Crippen LogP contribution in [0.4, 0.5) is 5.82 Å². The number of anilines is 1. The van der Waals surface area contributed by atoms with Crippen LogP contribution in [-0.2, 0) is 62.7 Å². The highest BCUT2D eigenvalue weighted by molar-refractivity contribution is 7.72. The molecule has 9 atom stereocenters. The maximum atomic E-state index is 12.3. The summed E-state index contributed by atoms with van der Waals surface area (Å²) in [4.78, 5) is 69.6. The van der Waals surface area contributed by atoms with E-state index in [0.29, 0.717) is 25.8 Å². The molecular formula is C16H32N6O21P6. The number of aliphatic hydroxyl groups is 1. The first-order valence-electron chi connectivity index (χ1n) is 13.2. The number of aliphatic hydroxyl groups excluding tert-OH is 1. The van der Waals surface area contributed by atoms with E-state index in [1.54, 1.807) is 0 Å². The van der Waals surface area contributed by atoms with Crippen molar-refractivity contribution in [2.24, 2.45) is 5.73 Å². The first-order valence-corrected chi connectivity index (χ1v) is 22.2. The second kappa shape index (κ2) is 16.8. The number of phosphoric ester groups is 2. The molecule has 2 aromatic rings. The third-order valence-electron chi connectivity index (χ3n) is 5.69. The van der Waals surface area contributed by atoms with E-state index in [1.807, 2.05) is 0 Å². The van der Waals surface area contributed by atoms with E-state index in [0.717, 1.165) is 6.33 Å². The Balaban J connectivity index is 1.52. The van der Waals surface area contributed by atoms with Crippen molar-refractivity contribution in [1.29, 1.82) is 0 Å². The highest BCUT2D eigenvalue weighted by atomic mass is 31.3. The molecule has 0 aromatic carbocycles. The third-order valence-corrected chi connectivity index (χ3v) is 14.9. The van der Waals surface area contributed by atoms with E-state index in [9.17, 15) is 61.9 Å². The van der Waals surface area contributed by atoms with E-state index in [2.05, 4.69) is 45.6 Å². The highest BCUT2D eigenvalue weighted by Crippen LogP contribution is 2.75. The van der Waals surface area contributed by atoms with Crippen LogP contribution >= 0.6 is 46.9 Å². The number of imidazole rings is 1. The number of unbranched alkanes of at least 4 members (excludes halogenated alkanes) is 3. The van der Waals surface area contributed by atoms with Gasteiger partial charge in [0.2, 0.25) is 0 Å². The molecule has 27 nitrogen and oxygen atoms in total. The lowest BCUT2D eigenvalue weighted by atomic mass is 10.2. The average molecular weight is 830 g/mol. The van der Waals surface area contributed by atoms with Gasteiger partial charge in [0.15, 0.2) is 11.5 Å². The minimum atomic E-state index is -6.42. The fourth-order valence-electron chi connectivity index (χ4n) is 3.82. The number of rotatable bonds is 21. The lowest BCUT2D eigenvalue weighted by Gasteiger charge is -2.21. The molecule has 49 heavy (non-hydrogen) atoms. The van der Waals surface area contributed by atoms with Gasteiger partial charge in [-0.05, 0) is 19.4 Å². The van der Waals surface area contributed by atoms with E-state index in [4.69, 9.17) is 16.2 Å². The Morgan fingerprint density at radius 1 is 0.755 bits per heavy atom. The van der Waals surface area contributed by atoms with Crippen molar-refractivity contribution < 1.29 is 97.2 Å². The zero-order valence-corrected chi connectivity index (χ0v) is 29.9. The molecule has 33 heteroatoms. The Hall–Kier alpha value is -0.910. The van der Waals surface area contributed by atoms with Crippen molar-refractivity contribution in [3.05, 3.63) is 12.7 Å². The molecule has 9 unspecified atom stereocenters. The smallest absolute Gasteiger partial charge is 0.390 e. The number of hydrogen-bond donors (Lipinski definition) is 9. The predicted molar refractivity (Wildman–Crippen MR) is 158 cm³/mol. The summed E-state index contributed by atoms with van der Waals surface area (Å²) in [5.74, 6) is 0.0467. The van der Waals surface area contributed by atoms with E-state index >= 15 is 0 Å². The van der Waals surface area contributed by atoms with Crippen LogP contribution in [0, 0.1) is 0 Å². The van der Waals surface area contributed by atoms with Crippen LogP contribution < -0.4 is 11.5 Å². The average Bonchev–Trinajstić information content (AvgIpc) is 3.50. The lowest BCUT2D eigenvalue weighted by molar-refractivity contribution is -0.0423. The SMILES string of the molecule is NCCCCCCOP(=O)(O)OP(=O)(O)OP(=O)(O)OP(=O)(O)OP(=O)(O)OP(=O)(O)OCC1OC(n2cnc3c(N)ncnc32)CC1O. The number of ether oxygens (including phenoxy) is 1. The summed E-state index contributed by atoms with van der Waals surface area (Å²) in [5, 5.41) is 10.3. The fraction of sp³-hybridized carbons (Fsp3) is 0.688. The molecule has 0 bridgehead atoms. The van der Waals surface area contributed by atoms with Gasteiger partial charge in [0, 0.05) is 6.42 Å². The normalized spacial score (nSPS) is 25.8. The molecule has 0 amide bonds. The number of nitrogens with two attached hydrogens (primary N) is 2. The Labute approximate surface area is 275 Å². The maximum Gasteiger partial charge on any atom is 0.490 e. The predicted octanol–water partition coefficient (Wildman–Crippen LogP) is 1.29. The summed E-state index contributed by atoms with van der Waals surface area (Å²) in [7, 11) is -36.4. The molecule has 1 aliphatic rings. The molecule has 0 saturated carbocycles. The van der Waals surface area contributed by atoms with Gasteiger partial charge in [-0.25, -0.2) is 42.3 Å². The quantitative estimate of drug-likeness (QED) is 0.0632.